The van der Waals surface area contributed by atoms with Crippen LogP contribution in [0, 0.1) is 0 Å². The SMILES string of the molecule is [O]c1nccnc1S. The highest BCUT2D eigenvalue weighted by Crippen LogP contribution is 2.12. The molecule has 3 nitrogen and oxygen atoms in total. The zero-order chi connectivity index (χ0) is 5.98. The van der Waals surface area contributed by atoms with Crippen LogP contribution in [-0.2, 0) is 5.11 Å². The van der Waals surface area contributed by atoms with Gasteiger partial charge in [0.1, 0.15) is 0 Å². The summed E-state index contributed by atoms with van der Waals surface area (Å²) in [5, 5.41) is 10.5. The van der Waals surface area contributed by atoms with Crippen LogP contribution in [0.25, 0.3) is 0 Å². The fourth-order valence-corrected chi connectivity index (χ4v) is 0.442. The lowest BCUT2D eigenvalue weighted by molar-refractivity contribution is 0.322. The van der Waals surface area contributed by atoms with Gasteiger partial charge in [-0.2, -0.15) is 0 Å². The third-order valence-electron chi connectivity index (χ3n) is 0.647. The highest BCUT2D eigenvalue weighted by molar-refractivity contribution is 7.80. The Morgan fingerprint density at radius 1 is 1.38 bits per heavy atom. The Kier molecular flexibility index (Phi) is 1.34. The Labute approximate surface area is 51.8 Å². The summed E-state index contributed by atoms with van der Waals surface area (Å²) in [6.45, 7) is 0. The molecular formula is C4H3N2OS. The molecule has 0 amide bonds. The van der Waals surface area contributed by atoms with Crippen molar-refractivity contribution in [2.45, 2.75) is 5.03 Å². The summed E-state index contributed by atoms with van der Waals surface area (Å²) in [7, 11) is 0. The molecule has 0 fully saturated rings. The number of hydrogen-bond donors (Lipinski definition) is 1. The first-order valence-corrected chi connectivity index (χ1v) is 2.42. The highest BCUT2D eigenvalue weighted by atomic mass is 32.1. The maximum absolute atomic E-state index is 10.4. The molecule has 1 aromatic heterocycles. The molecule has 1 aromatic rings. The molecule has 8 heavy (non-hydrogen) atoms. The Hall–Kier alpha value is -0.770. The monoisotopic (exact) mass is 127 g/mol. The maximum Gasteiger partial charge on any atom is 0.301 e. The first-order valence-electron chi connectivity index (χ1n) is 1.97. The predicted octanol–water partition coefficient (Wildman–Crippen LogP) is 0.909. The summed E-state index contributed by atoms with van der Waals surface area (Å²) < 4.78 is 0. The van der Waals surface area contributed by atoms with E-state index < -0.39 is 0 Å². The lowest BCUT2D eigenvalue weighted by Crippen LogP contribution is -1.76. The highest BCUT2D eigenvalue weighted by Gasteiger charge is 1.95. The van der Waals surface area contributed by atoms with Crippen molar-refractivity contribution in [3.63, 3.8) is 0 Å². The Morgan fingerprint density at radius 2 is 2.00 bits per heavy atom. The molecule has 0 saturated carbocycles. The van der Waals surface area contributed by atoms with Gasteiger partial charge in [-0.15, -0.1) is 12.6 Å². The molecule has 4 heteroatoms. The van der Waals surface area contributed by atoms with Gasteiger partial charge in [-0.05, 0) is 0 Å². The largest absolute Gasteiger partial charge is 0.301 e. The summed E-state index contributed by atoms with van der Waals surface area (Å²) in [6, 6.07) is 0. The molecule has 0 unspecified atom stereocenters. The lowest BCUT2D eigenvalue weighted by atomic mass is 10.7. The number of aromatic nitrogens is 2. The molecule has 41 valence electrons. The lowest BCUT2D eigenvalue weighted by Gasteiger charge is -1.85. The van der Waals surface area contributed by atoms with Crippen LogP contribution in [0.1, 0.15) is 0 Å². The molecule has 0 atom stereocenters. The van der Waals surface area contributed by atoms with Gasteiger partial charge in [0.15, 0.2) is 5.03 Å². The smallest absolute Gasteiger partial charge is 0.264 e. The molecule has 0 saturated heterocycles. The van der Waals surface area contributed by atoms with Crippen LogP contribution < -0.4 is 0 Å². The molecule has 0 N–H and O–H groups in total. The van der Waals surface area contributed by atoms with Crippen molar-refractivity contribution in [1.29, 1.82) is 0 Å². The van der Waals surface area contributed by atoms with Crippen molar-refractivity contribution in [1.82, 2.24) is 9.97 Å². The van der Waals surface area contributed by atoms with Crippen LogP contribution in [0.15, 0.2) is 17.4 Å². The van der Waals surface area contributed by atoms with Gasteiger partial charge in [0.05, 0.1) is 0 Å². The van der Waals surface area contributed by atoms with Crippen molar-refractivity contribution in [3.05, 3.63) is 12.4 Å². The van der Waals surface area contributed by atoms with E-state index in [2.05, 4.69) is 22.6 Å². The topological polar surface area (TPSA) is 45.7 Å². The molecule has 1 heterocycles. The number of nitrogens with zero attached hydrogens (tertiary/aromatic N) is 2. The first-order chi connectivity index (χ1) is 3.80. The standard InChI is InChI=1S/C4H3N2OS/c7-3-4(8)6-2-1-5-3/h1-2H,(H,6,8). The molecule has 0 spiro atoms. The fraction of sp³-hybridized carbons (Fsp3) is 0. The van der Waals surface area contributed by atoms with Gasteiger partial charge in [-0.1, -0.05) is 0 Å². The van der Waals surface area contributed by atoms with Gasteiger partial charge >= 0.3 is 5.88 Å². The van der Waals surface area contributed by atoms with E-state index in [0.29, 0.717) is 0 Å². The zero-order valence-electron chi connectivity index (χ0n) is 3.90. The second-order valence-corrected chi connectivity index (χ2v) is 1.61. The van der Waals surface area contributed by atoms with E-state index in [1.165, 1.54) is 12.4 Å². The third-order valence-corrected chi connectivity index (χ3v) is 0.953. The van der Waals surface area contributed by atoms with E-state index in [1.54, 1.807) is 0 Å². The average Bonchev–Trinajstić information content (AvgIpc) is 1.77. The summed E-state index contributed by atoms with van der Waals surface area (Å²) in [5.41, 5.74) is 0. The number of thiol groups is 1. The van der Waals surface area contributed by atoms with E-state index in [4.69, 9.17) is 0 Å². The minimum atomic E-state index is -0.379. The van der Waals surface area contributed by atoms with Crippen LogP contribution in [0.5, 0.6) is 5.88 Å². The van der Waals surface area contributed by atoms with Gasteiger partial charge in [0.25, 0.3) is 0 Å². The summed E-state index contributed by atoms with van der Waals surface area (Å²) in [5.74, 6) is -0.379. The van der Waals surface area contributed by atoms with Gasteiger partial charge < -0.3 is 0 Å². The maximum atomic E-state index is 10.4. The van der Waals surface area contributed by atoms with E-state index in [1.807, 2.05) is 0 Å². The van der Waals surface area contributed by atoms with E-state index in [-0.39, 0.29) is 10.9 Å². The fourth-order valence-electron chi connectivity index (χ4n) is 0.318. The first kappa shape index (κ1) is 5.37. The normalized spacial score (nSPS) is 9.12. The van der Waals surface area contributed by atoms with E-state index in [9.17, 15) is 5.11 Å². The molecular weight excluding hydrogens is 124 g/mol. The van der Waals surface area contributed by atoms with Crippen LogP contribution in [0.2, 0.25) is 0 Å². The van der Waals surface area contributed by atoms with Crippen molar-refractivity contribution in [3.8, 4) is 5.88 Å². The minimum Gasteiger partial charge on any atom is -0.264 e. The van der Waals surface area contributed by atoms with Crippen molar-refractivity contribution in [2.75, 3.05) is 0 Å². The second-order valence-electron chi connectivity index (χ2n) is 1.19. The third kappa shape index (κ3) is 0.894. The molecule has 0 aliphatic heterocycles. The van der Waals surface area contributed by atoms with Crippen molar-refractivity contribution < 1.29 is 5.11 Å². The molecule has 0 aliphatic carbocycles. The van der Waals surface area contributed by atoms with Crippen molar-refractivity contribution in [2.24, 2.45) is 0 Å². The van der Waals surface area contributed by atoms with Crippen LogP contribution in [-0.4, -0.2) is 9.97 Å². The molecule has 0 aromatic carbocycles. The van der Waals surface area contributed by atoms with E-state index in [0.717, 1.165) is 0 Å². The quantitative estimate of drug-likeness (QED) is 0.526. The Balaban J connectivity index is 3.13. The second kappa shape index (κ2) is 2.00. The van der Waals surface area contributed by atoms with Crippen LogP contribution in [0.4, 0.5) is 0 Å². The van der Waals surface area contributed by atoms with Gasteiger partial charge in [0.2, 0.25) is 0 Å². The van der Waals surface area contributed by atoms with Crippen LogP contribution >= 0.6 is 12.6 Å². The van der Waals surface area contributed by atoms with Crippen LogP contribution in [0.3, 0.4) is 0 Å². The van der Waals surface area contributed by atoms with Gasteiger partial charge in [-0.3, -0.25) is 5.11 Å². The summed E-state index contributed by atoms with van der Waals surface area (Å²) in [6.07, 6.45) is 2.76. The summed E-state index contributed by atoms with van der Waals surface area (Å²) in [4.78, 5) is 6.95. The Bertz CT molecular complexity index is 170. The minimum absolute atomic E-state index is 0.146. The summed E-state index contributed by atoms with van der Waals surface area (Å²) >= 11 is 3.71. The molecule has 0 bridgehead atoms. The number of rotatable bonds is 0. The molecule has 1 rings (SSSR count). The van der Waals surface area contributed by atoms with Gasteiger partial charge in [-0.25, -0.2) is 9.97 Å². The number of hydrogen-bond acceptors (Lipinski definition) is 3. The van der Waals surface area contributed by atoms with Gasteiger partial charge in [0, 0.05) is 12.4 Å². The zero-order valence-corrected chi connectivity index (χ0v) is 4.80. The average molecular weight is 127 g/mol. The molecule has 0 aliphatic rings. The molecule has 1 radical (unpaired) electrons. The Morgan fingerprint density at radius 3 is 2.38 bits per heavy atom. The van der Waals surface area contributed by atoms with E-state index >= 15 is 0 Å². The predicted molar refractivity (Wildman–Crippen MR) is 29.4 cm³/mol. The van der Waals surface area contributed by atoms with Crippen molar-refractivity contribution >= 4 is 12.6 Å².